The number of fused-ring (bicyclic) bond motifs is 3. The smallest absolute Gasteiger partial charge is 0.349 e. The number of piperidine rings is 1. The Morgan fingerprint density at radius 2 is 2.00 bits per heavy atom. The Balaban J connectivity index is 1.37. The topological polar surface area (TPSA) is 135 Å². The van der Waals surface area contributed by atoms with Crippen LogP contribution in [0.25, 0.3) is 33.0 Å². The summed E-state index contributed by atoms with van der Waals surface area (Å²) in [6, 6.07) is 7.33. The van der Waals surface area contributed by atoms with Crippen LogP contribution in [-0.4, -0.2) is 70.4 Å². The number of ether oxygens (including phenoxy) is 1. The molecule has 1 amide bonds. The van der Waals surface area contributed by atoms with Crippen molar-refractivity contribution in [3.63, 3.8) is 0 Å². The van der Waals surface area contributed by atoms with Crippen LogP contribution < -0.4 is 21.0 Å². The van der Waals surface area contributed by atoms with Crippen molar-refractivity contribution in [2.45, 2.75) is 50.7 Å². The molecule has 0 aliphatic carbocycles. The van der Waals surface area contributed by atoms with Crippen LogP contribution in [0.2, 0.25) is 0 Å². The van der Waals surface area contributed by atoms with Crippen LogP contribution in [0.3, 0.4) is 0 Å². The number of aromatic nitrogens is 2. The number of carbonyl (C=O) groups excluding carboxylic acids is 1. The highest BCUT2D eigenvalue weighted by molar-refractivity contribution is 6.00. The molecule has 0 unspecified atom stereocenters. The van der Waals surface area contributed by atoms with Gasteiger partial charge in [-0.2, -0.15) is 9.97 Å². The lowest BCUT2D eigenvalue weighted by atomic mass is 9.95. The van der Waals surface area contributed by atoms with Gasteiger partial charge in [0, 0.05) is 48.5 Å². The molecule has 0 bridgehead atoms. The molecule has 7 rings (SSSR count). The highest BCUT2D eigenvalue weighted by Crippen LogP contribution is 2.41. The van der Waals surface area contributed by atoms with Gasteiger partial charge in [-0.15, -0.1) is 0 Å². The largest absolute Gasteiger partial charge is 0.508 e. The van der Waals surface area contributed by atoms with Gasteiger partial charge < -0.3 is 24.9 Å². The first-order valence-corrected chi connectivity index (χ1v) is 15.0. The van der Waals surface area contributed by atoms with E-state index in [0.29, 0.717) is 55.7 Å². The van der Waals surface area contributed by atoms with E-state index in [9.17, 15) is 19.1 Å². The van der Waals surface area contributed by atoms with E-state index in [1.54, 1.807) is 13.0 Å². The molecule has 230 valence electrons. The SMILES string of the molecule is Cc1c(-c2cc(O)cc3cccc(F)c23)oc(=O)c2c(N3CCC(C(N)=O)CC3)nc(OC[C@@]34CCCN3C[C@H](F)C4)nc12. The van der Waals surface area contributed by atoms with Crippen molar-refractivity contribution in [2.24, 2.45) is 11.7 Å². The summed E-state index contributed by atoms with van der Waals surface area (Å²) >= 11 is 0. The Bertz CT molecular complexity index is 1860. The number of hydrogen-bond acceptors (Lipinski definition) is 9. The van der Waals surface area contributed by atoms with E-state index < -0.39 is 23.2 Å². The van der Waals surface area contributed by atoms with Crippen LogP contribution in [0.1, 0.15) is 37.7 Å². The number of amides is 1. The number of aromatic hydroxyl groups is 1. The van der Waals surface area contributed by atoms with Crippen LogP contribution in [0.4, 0.5) is 14.6 Å². The first-order chi connectivity index (χ1) is 21.1. The predicted molar refractivity (Wildman–Crippen MR) is 160 cm³/mol. The molecule has 3 aliphatic heterocycles. The van der Waals surface area contributed by atoms with E-state index in [2.05, 4.69) is 14.9 Å². The lowest BCUT2D eigenvalue weighted by molar-refractivity contribution is -0.122. The van der Waals surface area contributed by atoms with Crippen molar-refractivity contribution in [1.29, 1.82) is 0 Å². The van der Waals surface area contributed by atoms with Crippen molar-refractivity contribution in [3.05, 3.63) is 52.1 Å². The van der Waals surface area contributed by atoms with E-state index in [1.807, 2.05) is 4.90 Å². The van der Waals surface area contributed by atoms with Gasteiger partial charge in [0.25, 0.3) is 0 Å². The number of nitrogens with zero attached hydrogens (tertiary/aromatic N) is 4. The molecule has 5 heterocycles. The molecule has 4 aromatic rings. The number of nitrogens with two attached hydrogens (primary N) is 1. The minimum atomic E-state index is -0.925. The molecule has 0 spiro atoms. The fourth-order valence-corrected chi connectivity index (χ4v) is 7.34. The minimum Gasteiger partial charge on any atom is -0.508 e. The van der Waals surface area contributed by atoms with Crippen LogP contribution in [0, 0.1) is 18.7 Å². The average molecular weight is 606 g/mol. The minimum absolute atomic E-state index is 0.0275. The second-order valence-electron chi connectivity index (χ2n) is 12.3. The fourth-order valence-electron chi connectivity index (χ4n) is 7.34. The van der Waals surface area contributed by atoms with Gasteiger partial charge in [0.05, 0.1) is 11.1 Å². The highest BCUT2D eigenvalue weighted by Gasteiger charge is 2.49. The Morgan fingerprint density at radius 3 is 2.77 bits per heavy atom. The molecule has 0 saturated carbocycles. The Kier molecular flexibility index (Phi) is 6.91. The molecule has 2 atom stereocenters. The number of anilines is 1. The molecule has 3 fully saturated rings. The molecule has 2 aromatic carbocycles. The molecule has 3 saturated heterocycles. The Morgan fingerprint density at radius 1 is 1.20 bits per heavy atom. The first kappa shape index (κ1) is 28.5. The van der Waals surface area contributed by atoms with Gasteiger partial charge in [-0.3, -0.25) is 9.69 Å². The summed E-state index contributed by atoms with van der Waals surface area (Å²) < 4.78 is 41.7. The lowest BCUT2D eigenvalue weighted by Crippen LogP contribution is -2.43. The number of primary amides is 1. The summed E-state index contributed by atoms with van der Waals surface area (Å²) in [6.45, 7) is 3.92. The zero-order chi connectivity index (χ0) is 30.7. The first-order valence-electron chi connectivity index (χ1n) is 15.0. The molecule has 2 aromatic heterocycles. The zero-order valence-corrected chi connectivity index (χ0v) is 24.3. The zero-order valence-electron chi connectivity index (χ0n) is 24.3. The van der Waals surface area contributed by atoms with Gasteiger partial charge in [0.2, 0.25) is 5.91 Å². The molecule has 10 nitrogen and oxygen atoms in total. The summed E-state index contributed by atoms with van der Waals surface area (Å²) in [6.07, 6.45) is 2.18. The summed E-state index contributed by atoms with van der Waals surface area (Å²) in [5.74, 6) is -0.931. The molecule has 0 radical (unpaired) electrons. The van der Waals surface area contributed by atoms with Crippen LogP contribution in [-0.2, 0) is 4.79 Å². The molecular weight excluding hydrogens is 572 g/mol. The number of phenolic OH excluding ortho intramolecular Hbond substituents is 1. The summed E-state index contributed by atoms with van der Waals surface area (Å²) in [7, 11) is 0. The number of rotatable bonds is 6. The standard InChI is InChI=1S/C32H33F2N5O5/c1-17-26-25(30(42)44-27(17)22-13-21(40)12-19-4-2-5-23(34)24(19)22)29(38-10-6-18(7-11-38)28(35)41)37-31(36-26)43-16-32-8-3-9-39(32)15-20(33)14-32/h2,4-5,12-13,18,20,40H,3,6-11,14-16H2,1H3,(H2,35,41)/t20-,32+/m1/s1. The van der Waals surface area contributed by atoms with Crippen LogP contribution >= 0.6 is 0 Å². The molecular formula is C32H33F2N5O5. The van der Waals surface area contributed by atoms with Crippen molar-refractivity contribution in [2.75, 3.05) is 37.7 Å². The van der Waals surface area contributed by atoms with Gasteiger partial charge in [0.15, 0.2) is 5.82 Å². The van der Waals surface area contributed by atoms with E-state index in [1.165, 1.54) is 24.3 Å². The van der Waals surface area contributed by atoms with Crippen molar-refractivity contribution in [1.82, 2.24) is 14.9 Å². The quantitative estimate of drug-likeness (QED) is 0.331. The van der Waals surface area contributed by atoms with Crippen molar-refractivity contribution in [3.8, 4) is 23.1 Å². The molecule has 3 aliphatic rings. The van der Waals surface area contributed by atoms with Crippen LogP contribution in [0.5, 0.6) is 11.8 Å². The predicted octanol–water partition coefficient (Wildman–Crippen LogP) is 4.21. The van der Waals surface area contributed by atoms with Crippen molar-refractivity contribution >= 4 is 33.4 Å². The summed E-state index contributed by atoms with van der Waals surface area (Å²) in [5.41, 5.74) is 5.28. The third-order valence-corrected chi connectivity index (χ3v) is 9.55. The number of carbonyl (C=O) groups is 1. The van der Waals surface area contributed by atoms with E-state index in [-0.39, 0.29) is 57.8 Å². The Hall–Kier alpha value is -4.32. The van der Waals surface area contributed by atoms with Gasteiger partial charge in [-0.25, -0.2) is 13.6 Å². The Labute approximate surface area is 251 Å². The normalized spacial score (nSPS) is 22.6. The lowest BCUT2D eigenvalue weighted by Gasteiger charge is -2.33. The van der Waals surface area contributed by atoms with E-state index >= 15 is 4.39 Å². The van der Waals surface area contributed by atoms with Crippen LogP contribution in [0.15, 0.2) is 39.5 Å². The number of alkyl halides is 1. The van der Waals surface area contributed by atoms with Gasteiger partial charge in [0.1, 0.15) is 35.5 Å². The molecule has 44 heavy (non-hydrogen) atoms. The summed E-state index contributed by atoms with van der Waals surface area (Å²) in [4.78, 5) is 38.9. The van der Waals surface area contributed by atoms with Crippen molar-refractivity contribution < 1.29 is 27.8 Å². The average Bonchev–Trinajstić information content (AvgIpc) is 3.52. The number of aryl methyl sites for hydroxylation is 1. The third-order valence-electron chi connectivity index (χ3n) is 9.55. The maximum Gasteiger partial charge on any atom is 0.349 e. The maximum absolute atomic E-state index is 15.1. The van der Waals surface area contributed by atoms with Gasteiger partial charge in [-0.1, -0.05) is 12.1 Å². The number of hydrogen-bond donors (Lipinski definition) is 2. The molecule has 12 heteroatoms. The maximum atomic E-state index is 15.1. The fraction of sp³-hybridized carbons (Fsp3) is 0.438. The summed E-state index contributed by atoms with van der Waals surface area (Å²) in [5, 5.41) is 11.2. The number of halogens is 2. The highest BCUT2D eigenvalue weighted by atomic mass is 19.1. The third kappa shape index (κ3) is 4.72. The van der Waals surface area contributed by atoms with E-state index in [0.717, 1.165) is 19.4 Å². The second kappa shape index (κ2) is 10.7. The number of benzene rings is 2. The van der Waals surface area contributed by atoms with E-state index in [4.69, 9.17) is 14.9 Å². The second-order valence-corrected chi connectivity index (χ2v) is 12.3. The number of phenols is 1. The molecule has 3 N–H and O–H groups in total. The monoisotopic (exact) mass is 605 g/mol. The van der Waals surface area contributed by atoms with Gasteiger partial charge in [-0.05, 0) is 62.7 Å². The van der Waals surface area contributed by atoms with Gasteiger partial charge >= 0.3 is 11.6 Å².